The lowest BCUT2D eigenvalue weighted by Gasteiger charge is -2.29. The van der Waals surface area contributed by atoms with Gasteiger partial charge in [0.1, 0.15) is 24.2 Å². The van der Waals surface area contributed by atoms with Crippen LogP contribution >= 0.6 is 15.6 Å². The van der Waals surface area contributed by atoms with Crippen LogP contribution in [0.4, 0.5) is 0 Å². The summed E-state index contributed by atoms with van der Waals surface area (Å²) in [7, 11) is -10.8. The van der Waals surface area contributed by atoms with Gasteiger partial charge in [-0.2, -0.15) is 4.31 Å². The molecule has 3 unspecified atom stereocenters. The highest BCUT2D eigenvalue weighted by Gasteiger charge is 2.81. The third kappa shape index (κ3) is 4.92. The molecule has 6 atom stereocenters. The highest BCUT2D eigenvalue weighted by atomic mass is 31.3. The Kier molecular flexibility index (Phi) is 6.36. The Balaban J connectivity index is 1.99. The molecule has 16 nitrogen and oxygen atoms in total. The zero-order valence-corrected chi connectivity index (χ0v) is 18.1. The van der Waals surface area contributed by atoms with E-state index in [1.54, 1.807) is 0 Å². The smallest absolute Gasteiger partial charge is 0.465 e. The van der Waals surface area contributed by atoms with Crippen LogP contribution in [0.1, 0.15) is 20.1 Å². The Labute approximate surface area is 177 Å². The number of carbonyl (C=O) groups is 2. The number of hydrogen-bond donors (Lipinski definition) is 4. The van der Waals surface area contributed by atoms with Crippen LogP contribution < -0.4 is 11.2 Å². The summed E-state index contributed by atoms with van der Waals surface area (Å²) in [6.07, 6.45) is -4.51. The number of ether oxygens (including phenoxy) is 3. The van der Waals surface area contributed by atoms with Gasteiger partial charge in [-0.25, -0.2) is 13.9 Å². The zero-order chi connectivity index (χ0) is 24.1. The second-order valence-electron chi connectivity index (χ2n) is 6.95. The minimum atomic E-state index is -5.44. The topological polar surface area (TPSA) is 230 Å². The number of rotatable bonds is 8. The largest absolute Gasteiger partial charge is 0.481 e. The molecule has 1 aliphatic carbocycles. The van der Waals surface area contributed by atoms with E-state index in [9.17, 15) is 33.2 Å². The number of aromatic amines is 1. The van der Waals surface area contributed by atoms with Crippen LogP contribution in [0.5, 0.6) is 0 Å². The van der Waals surface area contributed by atoms with E-state index in [1.165, 1.54) is 0 Å². The Morgan fingerprint density at radius 1 is 1.19 bits per heavy atom. The number of fused-ring (bicyclic) bond motifs is 1. The van der Waals surface area contributed by atoms with Gasteiger partial charge < -0.3 is 28.9 Å². The van der Waals surface area contributed by atoms with Gasteiger partial charge in [-0.05, 0) is 0 Å². The van der Waals surface area contributed by atoms with Gasteiger partial charge in [-0.3, -0.25) is 28.5 Å². The Hall–Kier alpha value is -2.16. The van der Waals surface area contributed by atoms with E-state index < -0.39 is 75.4 Å². The molecule has 1 aliphatic heterocycles. The number of phosphoric acid groups is 2. The van der Waals surface area contributed by atoms with E-state index >= 15 is 0 Å². The molecule has 0 radical (unpaired) electrons. The van der Waals surface area contributed by atoms with Gasteiger partial charge in [0.05, 0.1) is 0 Å². The molecule has 2 fully saturated rings. The minimum absolute atomic E-state index is 0.583. The van der Waals surface area contributed by atoms with E-state index in [-0.39, 0.29) is 0 Å². The van der Waals surface area contributed by atoms with Gasteiger partial charge in [0.2, 0.25) is 0 Å². The lowest BCUT2D eigenvalue weighted by Crippen LogP contribution is -2.43. The Bertz CT molecular complexity index is 1140. The first kappa shape index (κ1) is 24.5. The number of nitrogens with zero attached hydrogens (tertiary/aromatic N) is 1. The fourth-order valence-electron chi connectivity index (χ4n) is 3.51. The molecule has 1 aromatic heterocycles. The Morgan fingerprint density at radius 3 is 2.38 bits per heavy atom. The predicted molar refractivity (Wildman–Crippen MR) is 97.7 cm³/mol. The van der Waals surface area contributed by atoms with Gasteiger partial charge in [-0.15, -0.1) is 0 Å². The molecular formula is C14H18N2O14P2. The molecular weight excluding hydrogens is 482 g/mol. The highest BCUT2D eigenvalue weighted by molar-refractivity contribution is 7.60. The van der Waals surface area contributed by atoms with Crippen molar-refractivity contribution in [2.24, 2.45) is 5.41 Å². The number of phosphoric ester groups is 1. The second kappa shape index (κ2) is 8.32. The summed E-state index contributed by atoms with van der Waals surface area (Å²) in [5.74, 6) is -1.65. The van der Waals surface area contributed by atoms with Crippen molar-refractivity contribution in [2.75, 3.05) is 6.61 Å². The molecule has 32 heavy (non-hydrogen) atoms. The van der Waals surface area contributed by atoms with Crippen LogP contribution in [0.3, 0.4) is 0 Å². The van der Waals surface area contributed by atoms with Gasteiger partial charge >= 0.3 is 33.3 Å². The van der Waals surface area contributed by atoms with Gasteiger partial charge in [0, 0.05) is 26.1 Å². The number of aromatic nitrogens is 2. The lowest BCUT2D eigenvalue weighted by atomic mass is 9.99. The molecule has 1 aromatic rings. The van der Waals surface area contributed by atoms with Crippen molar-refractivity contribution in [3.63, 3.8) is 0 Å². The zero-order valence-electron chi connectivity index (χ0n) is 16.3. The average Bonchev–Trinajstić information content (AvgIpc) is 3.05. The van der Waals surface area contributed by atoms with Crippen LogP contribution in [0.15, 0.2) is 21.9 Å². The number of carbonyl (C=O) groups excluding carboxylic acids is 2. The van der Waals surface area contributed by atoms with Crippen molar-refractivity contribution in [1.29, 1.82) is 0 Å². The third-order valence-electron chi connectivity index (χ3n) is 4.70. The summed E-state index contributed by atoms with van der Waals surface area (Å²) in [4.78, 5) is 75.9. The molecule has 178 valence electrons. The van der Waals surface area contributed by atoms with E-state index in [1.807, 2.05) is 4.98 Å². The quantitative estimate of drug-likeness (QED) is 0.236. The first-order valence-electron chi connectivity index (χ1n) is 8.72. The van der Waals surface area contributed by atoms with Crippen molar-refractivity contribution >= 4 is 27.6 Å². The molecule has 1 saturated carbocycles. The third-order valence-corrected chi connectivity index (χ3v) is 6.87. The summed E-state index contributed by atoms with van der Waals surface area (Å²) in [6, 6.07) is 0.988. The number of H-pyrrole nitrogens is 1. The van der Waals surface area contributed by atoms with Crippen molar-refractivity contribution in [1.82, 2.24) is 9.55 Å². The van der Waals surface area contributed by atoms with Gasteiger partial charge in [0.25, 0.3) is 5.56 Å². The summed E-state index contributed by atoms with van der Waals surface area (Å²) in [5, 5.41) is 0. The number of esters is 2. The van der Waals surface area contributed by atoms with E-state index in [4.69, 9.17) is 28.5 Å². The predicted octanol–water partition coefficient (Wildman–Crippen LogP) is -1.48. The van der Waals surface area contributed by atoms with Crippen LogP contribution in [-0.2, 0) is 41.8 Å². The summed E-state index contributed by atoms with van der Waals surface area (Å²) >= 11 is 0. The summed E-state index contributed by atoms with van der Waals surface area (Å²) < 4.78 is 48.2. The maximum atomic E-state index is 12.2. The van der Waals surface area contributed by atoms with Crippen LogP contribution in [0.25, 0.3) is 0 Å². The molecule has 18 heteroatoms. The molecule has 0 aromatic carbocycles. The summed E-state index contributed by atoms with van der Waals surface area (Å²) in [5.41, 5.74) is -3.29. The van der Waals surface area contributed by atoms with Crippen molar-refractivity contribution < 1.29 is 56.4 Å². The minimum Gasteiger partial charge on any atom is -0.465 e. The standard InChI is InChI=1S/C14H18N2O14P2/c1-6(17)26-5-14-9(10(14)29-32(24,25)30-31(21,22)23)28-12(11(14)27-7(2)18)16-4-3-8(19)15-13(16)20/h3-4,9-12H,5H2,1-2H3,(H,24,25)(H,15,19,20)(H2,21,22,23)/t9-,10?,11+,12-,14?/m1/s1. The molecule has 0 spiro atoms. The van der Waals surface area contributed by atoms with Crippen LogP contribution in [-0.4, -0.2) is 61.1 Å². The fourth-order valence-corrected chi connectivity index (χ4v) is 5.33. The van der Waals surface area contributed by atoms with Gasteiger partial charge in [0.15, 0.2) is 12.3 Å². The number of hydrogen-bond acceptors (Lipinski definition) is 11. The normalized spacial score (nSPS) is 30.8. The Morgan fingerprint density at radius 2 is 1.84 bits per heavy atom. The maximum absolute atomic E-state index is 12.2. The SMILES string of the molecule is CC(=O)OCC12C(OP(=O)(O)OP(=O)(O)O)[C@H]1O[C@@H](n1ccc(=O)[nH]c1=O)[C@@H]2OC(C)=O. The average molecular weight is 500 g/mol. The summed E-state index contributed by atoms with van der Waals surface area (Å²) in [6.45, 7) is 1.49. The molecule has 3 rings (SSSR count). The van der Waals surface area contributed by atoms with E-state index in [0.29, 0.717) is 0 Å². The lowest BCUT2D eigenvalue weighted by molar-refractivity contribution is -0.165. The van der Waals surface area contributed by atoms with Crippen LogP contribution in [0.2, 0.25) is 0 Å². The van der Waals surface area contributed by atoms with Crippen molar-refractivity contribution in [2.45, 2.75) is 38.4 Å². The highest BCUT2D eigenvalue weighted by Crippen LogP contribution is 2.69. The van der Waals surface area contributed by atoms with E-state index in [2.05, 4.69) is 4.31 Å². The first-order valence-corrected chi connectivity index (χ1v) is 11.7. The molecule has 2 aliphatic rings. The molecule has 2 heterocycles. The van der Waals surface area contributed by atoms with Crippen LogP contribution in [0, 0.1) is 5.41 Å². The van der Waals surface area contributed by atoms with Gasteiger partial charge in [-0.1, -0.05) is 0 Å². The first-order chi connectivity index (χ1) is 14.7. The fraction of sp³-hybridized carbons (Fsp3) is 0.571. The van der Waals surface area contributed by atoms with Crippen molar-refractivity contribution in [3.05, 3.63) is 33.1 Å². The second-order valence-corrected chi connectivity index (χ2v) is 9.74. The number of nitrogens with one attached hydrogen (secondary N) is 1. The molecule has 1 saturated heterocycles. The molecule has 0 amide bonds. The van der Waals surface area contributed by atoms with Crippen molar-refractivity contribution in [3.8, 4) is 0 Å². The molecule has 0 bridgehead atoms. The van der Waals surface area contributed by atoms with E-state index in [0.717, 1.165) is 30.7 Å². The molecule has 4 N–H and O–H groups in total. The maximum Gasteiger partial charge on any atom is 0.481 e. The monoisotopic (exact) mass is 500 g/mol.